The minimum absolute atomic E-state index is 0.147. The van der Waals surface area contributed by atoms with Crippen molar-refractivity contribution in [2.24, 2.45) is 5.73 Å². The molecular formula is C23H25N3O2. The number of hydrogen-bond acceptors (Lipinski definition) is 4. The molecule has 0 saturated carbocycles. The molecule has 0 aliphatic carbocycles. The van der Waals surface area contributed by atoms with Gasteiger partial charge in [-0.15, -0.1) is 0 Å². The number of fused-ring (bicyclic) bond motifs is 1. The van der Waals surface area contributed by atoms with Crippen LogP contribution in [0.15, 0.2) is 60.8 Å². The number of nitrogens with two attached hydrogens (primary N) is 1. The molecular weight excluding hydrogens is 350 g/mol. The van der Waals surface area contributed by atoms with Gasteiger partial charge in [-0.1, -0.05) is 30.3 Å². The molecule has 0 unspecified atom stereocenters. The van der Waals surface area contributed by atoms with Gasteiger partial charge in [0.05, 0.1) is 5.52 Å². The Morgan fingerprint density at radius 3 is 2.57 bits per heavy atom. The summed E-state index contributed by atoms with van der Waals surface area (Å²) in [4.78, 5) is 18.3. The topological polar surface area (TPSA) is 68.5 Å². The SMILES string of the molecule is NCCC(=O)N1CCC(Oc2ccc(-c3cnc4ccccc4c3)cc2)CC1. The average Bonchev–Trinajstić information content (AvgIpc) is 2.75. The van der Waals surface area contributed by atoms with Crippen molar-refractivity contribution in [1.29, 1.82) is 0 Å². The number of aromatic nitrogens is 1. The quantitative estimate of drug-likeness (QED) is 0.739. The average molecular weight is 375 g/mol. The molecule has 2 aromatic carbocycles. The van der Waals surface area contributed by atoms with E-state index in [9.17, 15) is 4.79 Å². The fraction of sp³-hybridized carbons (Fsp3) is 0.304. The van der Waals surface area contributed by atoms with E-state index in [-0.39, 0.29) is 12.0 Å². The lowest BCUT2D eigenvalue weighted by molar-refractivity contribution is -0.132. The number of likely N-dealkylation sites (tertiary alicyclic amines) is 1. The molecule has 1 amide bonds. The van der Waals surface area contributed by atoms with E-state index < -0.39 is 0 Å². The van der Waals surface area contributed by atoms with Crippen LogP contribution in [0.3, 0.4) is 0 Å². The number of ether oxygens (including phenoxy) is 1. The first-order chi connectivity index (χ1) is 13.7. The summed E-state index contributed by atoms with van der Waals surface area (Å²) in [5.41, 5.74) is 8.69. The molecule has 0 atom stereocenters. The predicted molar refractivity (Wildman–Crippen MR) is 111 cm³/mol. The lowest BCUT2D eigenvalue weighted by Gasteiger charge is -2.32. The molecule has 3 aromatic rings. The highest BCUT2D eigenvalue weighted by atomic mass is 16.5. The summed E-state index contributed by atoms with van der Waals surface area (Å²) in [6.45, 7) is 1.89. The Morgan fingerprint density at radius 1 is 1.07 bits per heavy atom. The zero-order valence-electron chi connectivity index (χ0n) is 15.9. The van der Waals surface area contributed by atoms with Gasteiger partial charge in [-0.2, -0.15) is 0 Å². The van der Waals surface area contributed by atoms with Crippen LogP contribution in [0.1, 0.15) is 19.3 Å². The molecule has 0 bridgehead atoms. The Labute approximate surface area is 165 Å². The molecule has 2 N–H and O–H groups in total. The zero-order chi connectivity index (χ0) is 19.3. The van der Waals surface area contributed by atoms with Crippen molar-refractivity contribution >= 4 is 16.8 Å². The Morgan fingerprint density at radius 2 is 1.82 bits per heavy atom. The van der Waals surface area contributed by atoms with Gasteiger partial charge in [0.25, 0.3) is 0 Å². The molecule has 28 heavy (non-hydrogen) atoms. The van der Waals surface area contributed by atoms with Crippen LogP contribution >= 0.6 is 0 Å². The Balaban J connectivity index is 1.38. The molecule has 1 aliphatic heterocycles. The van der Waals surface area contributed by atoms with Crippen LogP contribution in [0.25, 0.3) is 22.0 Å². The number of piperidine rings is 1. The third kappa shape index (κ3) is 4.15. The van der Waals surface area contributed by atoms with Crippen LogP contribution < -0.4 is 10.5 Å². The summed E-state index contributed by atoms with van der Waals surface area (Å²) < 4.78 is 6.13. The predicted octanol–water partition coefficient (Wildman–Crippen LogP) is 3.62. The summed E-state index contributed by atoms with van der Waals surface area (Å²) >= 11 is 0. The Bertz CT molecular complexity index is 947. The second-order valence-electron chi connectivity index (χ2n) is 7.18. The van der Waals surface area contributed by atoms with E-state index in [1.165, 1.54) is 0 Å². The highest BCUT2D eigenvalue weighted by Crippen LogP contribution is 2.26. The highest BCUT2D eigenvalue weighted by molar-refractivity contribution is 5.83. The maximum Gasteiger partial charge on any atom is 0.223 e. The second kappa shape index (κ2) is 8.40. The molecule has 1 aromatic heterocycles. The summed E-state index contributed by atoms with van der Waals surface area (Å²) in [7, 11) is 0. The van der Waals surface area contributed by atoms with E-state index in [0.717, 1.165) is 53.7 Å². The summed E-state index contributed by atoms with van der Waals surface area (Å²) in [5.74, 6) is 1.01. The fourth-order valence-electron chi connectivity index (χ4n) is 3.65. The molecule has 5 heteroatoms. The third-order valence-corrected chi connectivity index (χ3v) is 5.23. The number of benzene rings is 2. The summed E-state index contributed by atoms with van der Waals surface area (Å²) in [6, 6.07) is 18.4. The number of nitrogens with zero attached hydrogens (tertiary/aromatic N) is 2. The fourth-order valence-corrected chi connectivity index (χ4v) is 3.65. The molecule has 1 fully saturated rings. The Kier molecular flexibility index (Phi) is 5.53. The lowest BCUT2D eigenvalue weighted by atomic mass is 10.0. The van der Waals surface area contributed by atoms with Crippen molar-refractivity contribution in [3.8, 4) is 16.9 Å². The van der Waals surface area contributed by atoms with Gasteiger partial charge in [0.15, 0.2) is 0 Å². The van der Waals surface area contributed by atoms with E-state index in [4.69, 9.17) is 10.5 Å². The molecule has 1 aliphatic rings. The minimum atomic E-state index is 0.147. The van der Waals surface area contributed by atoms with Crippen molar-refractivity contribution in [1.82, 2.24) is 9.88 Å². The van der Waals surface area contributed by atoms with Gasteiger partial charge < -0.3 is 15.4 Å². The highest BCUT2D eigenvalue weighted by Gasteiger charge is 2.23. The van der Waals surface area contributed by atoms with E-state index in [1.54, 1.807) is 0 Å². The van der Waals surface area contributed by atoms with E-state index >= 15 is 0 Å². The van der Waals surface area contributed by atoms with Gasteiger partial charge in [-0.25, -0.2) is 0 Å². The second-order valence-corrected chi connectivity index (χ2v) is 7.18. The number of amides is 1. The lowest BCUT2D eigenvalue weighted by Crippen LogP contribution is -2.42. The molecule has 144 valence electrons. The van der Waals surface area contributed by atoms with Crippen LogP contribution in [0, 0.1) is 0 Å². The molecule has 1 saturated heterocycles. The first kappa shape index (κ1) is 18.4. The first-order valence-corrected chi connectivity index (χ1v) is 9.82. The van der Waals surface area contributed by atoms with E-state index in [1.807, 2.05) is 41.4 Å². The van der Waals surface area contributed by atoms with Gasteiger partial charge in [0.2, 0.25) is 5.91 Å². The Hall–Kier alpha value is -2.92. The van der Waals surface area contributed by atoms with Crippen molar-refractivity contribution < 1.29 is 9.53 Å². The largest absolute Gasteiger partial charge is 0.490 e. The van der Waals surface area contributed by atoms with Crippen molar-refractivity contribution in [2.75, 3.05) is 19.6 Å². The first-order valence-electron chi connectivity index (χ1n) is 9.82. The number of para-hydroxylation sites is 1. The smallest absolute Gasteiger partial charge is 0.223 e. The van der Waals surface area contributed by atoms with Crippen LogP contribution in [-0.4, -0.2) is 41.5 Å². The van der Waals surface area contributed by atoms with Crippen LogP contribution in [0.5, 0.6) is 5.75 Å². The summed E-state index contributed by atoms with van der Waals surface area (Å²) in [6.07, 6.45) is 4.19. The maximum atomic E-state index is 11.9. The van der Waals surface area contributed by atoms with Crippen LogP contribution in [-0.2, 0) is 4.79 Å². The third-order valence-electron chi connectivity index (χ3n) is 5.23. The van der Waals surface area contributed by atoms with Gasteiger partial charge in [0.1, 0.15) is 11.9 Å². The van der Waals surface area contributed by atoms with Crippen LogP contribution in [0.2, 0.25) is 0 Å². The van der Waals surface area contributed by atoms with E-state index in [2.05, 4.69) is 29.2 Å². The van der Waals surface area contributed by atoms with Crippen molar-refractivity contribution in [2.45, 2.75) is 25.4 Å². The molecule has 0 radical (unpaired) electrons. The molecule has 5 nitrogen and oxygen atoms in total. The van der Waals surface area contributed by atoms with Gasteiger partial charge in [-0.05, 0) is 29.8 Å². The number of pyridine rings is 1. The van der Waals surface area contributed by atoms with Crippen molar-refractivity contribution in [3.05, 3.63) is 60.8 Å². The summed E-state index contributed by atoms with van der Waals surface area (Å²) in [5, 5.41) is 1.14. The van der Waals surface area contributed by atoms with E-state index in [0.29, 0.717) is 13.0 Å². The number of carbonyl (C=O) groups is 1. The number of carbonyl (C=O) groups excluding carboxylic acids is 1. The standard InChI is InChI=1S/C23H25N3O2/c24-12-9-23(27)26-13-10-21(11-14-26)28-20-7-5-17(6-8-20)19-15-18-3-1-2-4-22(18)25-16-19/h1-8,15-16,21H,9-14,24H2. The maximum absolute atomic E-state index is 11.9. The zero-order valence-corrected chi connectivity index (χ0v) is 15.9. The van der Waals surface area contributed by atoms with Gasteiger partial charge >= 0.3 is 0 Å². The van der Waals surface area contributed by atoms with Gasteiger partial charge in [-0.3, -0.25) is 9.78 Å². The minimum Gasteiger partial charge on any atom is -0.490 e. The van der Waals surface area contributed by atoms with Gasteiger partial charge in [0, 0.05) is 56.0 Å². The number of rotatable bonds is 5. The van der Waals surface area contributed by atoms with Crippen molar-refractivity contribution in [3.63, 3.8) is 0 Å². The monoisotopic (exact) mass is 375 g/mol. The normalized spacial score (nSPS) is 15.0. The molecule has 4 rings (SSSR count). The molecule has 2 heterocycles. The molecule has 0 spiro atoms. The number of hydrogen-bond donors (Lipinski definition) is 1. The van der Waals surface area contributed by atoms with Crippen LogP contribution in [0.4, 0.5) is 0 Å².